The molecule has 0 unspecified atom stereocenters. The van der Waals surface area contributed by atoms with Crippen LogP contribution in [0, 0.1) is 20.2 Å². The van der Waals surface area contributed by atoms with Crippen LogP contribution >= 0.6 is 0 Å². The van der Waals surface area contributed by atoms with Gasteiger partial charge in [-0.25, -0.2) is 0 Å². The van der Waals surface area contributed by atoms with E-state index in [-0.39, 0.29) is 25.9 Å². The van der Waals surface area contributed by atoms with Gasteiger partial charge in [-0.3, -0.25) is 25.0 Å². The molecule has 0 spiro atoms. The molecular formula is C12H14N2O6. The maximum absolute atomic E-state index is 11.4. The Hall–Kier alpha value is -2.51. The molecule has 0 aliphatic heterocycles. The van der Waals surface area contributed by atoms with Gasteiger partial charge in [-0.15, -0.1) is 0 Å². The molecule has 0 radical (unpaired) electrons. The lowest BCUT2D eigenvalue weighted by atomic mass is 10.2. The zero-order valence-electron chi connectivity index (χ0n) is 10.6. The van der Waals surface area contributed by atoms with Gasteiger partial charge in [0, 0.05) is 0 Å². The van der Waals surface area contributed by atoms with Gasteiger partial charge >= 0.3 is 12.1 Å². The van der Waals surface area contributed by atoms with Crippen LogP contribution in [-0.2, 0) is 16.0 Å². The minimum Gasteiger partial charge on any atom is -0.465 e. The molecule has 1 aromatic carbocycles. The first-order chi connectivity index (χ1) is 9.50. The van der Waals surface area contributed by atoms with Crippen molar-refractivity contribution in [1.82, 2.24) is 0 Å². The molecule has 0 bridgehead atoms. The second kappa shape index (κ2) is 7.82. The fraction of sp³-hybridized carbons (Fsp3) is 0.417. The van der Waals surface area contributed by atoms with Crippen molar-refractivity contribution < 1.29 is 19.4 Å². The second-order valence-corrected chi connectivity index (χ2v) is 4.08. The summed E-state index contributed by atoms with van der Waals surface area (Å²) < 4.78 is 4.87. The van der Waals surface area contributed by atoms with Gasteiger partial charge in [0.25, 0.3) is 0 Å². The molecule has 0 saturated carbocycles. The van der Waals surface area contributed by atoms with E-state index >= 15 is 0 Å². The quantitative estimate of drug-likeness (QED) is 0.234. The Bertz CT molecular complexity index is 462. The van der Waals surface area contributed by atoms with Crippen LogP contribution in [0.15, 0.2) is 30.3 Å². The number of carbonyl (C=O) groups excluding carboxylic acids is 1. The highest BCUT2D eigenvalue weighted by Crippen LogP contribution is 2.04. The zero-order chi connectivity index (χ0) is 15.0. The SMILES string of the molecule is O=C(Cc1ccccc1)OCCCC([N+](=O)[O-])[N+](=O)[O-]. The Morgan fingerprint density at radius 3 is 2.30 bits per heavy atom. The monoisotopic (exact) mass is 282 g/mol. The third-order valence-corrected chi connectivity index (χ3v) is 2.55. The van der Waals surface area contributed by atoms with Crippen molar-refractivity contribution in [2.45, 2.75) is 25.4 Å². The van der Waals surface area contributed by atoms with Crippen LogP contribution in [-0.4, -0.2) is 28.6 Å². The second-order valence-electron chi connectivity index (χ2n) is 4.08. The highest BCUT2D eigenvalue weighted by molar-refractivity contribution is 5.72. The molecule has 0 aliphatic rings. The summed E-state index contributed by atoms with van der Waals surface area (Å²) in [5.41, 5.74) is 0.797. The molecular weight excluding hydrogens is 268 g/mol. The highest BCUT2D eigenvalue weighted by atomic mass is 16.7. The highest BCUT2D eigenvalue weighted by Gasteiger charge is 2.31. The van der Waals surface area contributed by atoms with Crippen LogP contribution < -0.4 is 0 Å². The number of nitro groups is 2. The van der Waals surface area contributed by atoms with Crippen LogP contribution in [0.1, 0.15) is 18.4 Å². The topological polar surface area (TPSA) is 113 Å². The third kappa shape index (κ3) is 5.42. The van der Waals surface area contributed by atoms with Gasteiger partial charge in [0.05, 0.1) is 29.3 Å². The fourth-order valence-corrected chi connectivity index (χ4v) is 1.55. The maximum atomic E-state index is 11.4. The summed E-state index contributed by atoms with van der Waals surface area (Å²) >= 11 is 0. The number of carbonyl (C=O) groups is 1. The number of hydrogen-bond donors (Lipinski definition) is 0. The standard InChI is InChI=1S/C12H14N2O6/c15-12(9-10-5-2-1-3-6-10)20-8-4-7-11(13(16)17)14(18)19/h1-3,5-6,11H,4,7-9H2. The summed E-state index contributed by atoms with van der Waals surface area (Å²) in [5, 5.41) is 20.7. The predicted octanol–water partition coefficient (Wildman–Crippen LogP) is 1.43. The van der Waals surface area contributed by atoms with Crippen molar-refractivity contribution in [1.29, 1.82) is 0 Å². The maximum Gasteiger partial charge on any atom is 0.450 e. The molecule has 0 saturated heterocycles. The first-order valence-electron chi connectivity index (χ1n) is 5.97. The number of hydrogen-bond acceptors (Lipinski definition) is 6. The van der Waals surface area contributed by atoms with Gasteiger partial charge in [0.2, 0.25) is 0 Å². The Balaban J connectivity index is 2.25. The normalized spacial score (nSPS) is 10.2. The minimum atomic E-state index is -1.84. The van der Waals surface area contributed by atoms with E-state index in [0.29, 0.717) is 0 Å². The summed E-state index contributed by atoms with van der Waals surface area (Å²) in [4.78, 5) is 30.3. The van der Waals surface area contributed by atoms with Crippen molar-refractivity contribution in [3.8, 4) is 0 Å². The first kappa shape index (κ1) is 15.5. The number of rotatable bonds is 8. The van der Waals surface area contributed by atoms with Crippen molar-refractivity contribution in [3.05, 3.63) is 56.1 Å². The van der Waals surface area contributed by atoms with Crippen LogP contribution in [0.3, 0.4) is 0 Å². The van der Waals surface area contributed by atoms with Crippen molar-refractivity contribution >= 4 is 5.97 Å². The van der Waals surface area contributed by atoms with Crippen LogP contribution in [0.2, 0.25) is 0 Å². The lowest BCUT2D eigenvalue weighted by Crippen LogP contribution is -2.29. The van der Waals surface area contributed by atoms with E-state index in [9.17, 15) is 25.0 Å². The van der Waals surface area contributed by atoms with E-state index in [1.807, 2.05) is 6.07 Å². The van der Waals surface area contributed by atoms with E-state index in [0.717, 1.165) is 5.56 Å². The van der Waals surface area contributed by atoms with Crippen LogP contribution in [0.4, 0.5) is 0 Å². The Labute approximate surface area is 114 Å². The molecule has 108 valence electrons. The third-order valence-electron chi connectivity index (χ3n) is 2.55. The zero-order valence-corrected chi connectivity index (χ0v) is 10.6. The lowest BCUT2D eigenvalue weighted by Gasteiger charge is -2.05. The van der Waals surface area contributed by atoms with E-state index < -0.39 is 22.0 Å². The number of benzene rings is 1. The number of esters is 1. The van der Waals surface area contributed by atoms with Gasteiger partial charge < -0.3 is 4.74 Å². The molecule has 0 amide bonds. The van der Waals surface area contributed by atoms with Crippen LogP contribution in [0.25, 0.3) is 0 Å². The van der Waals surface area contributed by atoms with Gasteiger partial charge in [-0.1, -0.05) is 30.3 Å². The van der Waals surface area contributed by atoms with Crippen molar-refractivity contribution in [2.24, 2.45) is 0 Å². The Morgan fingerprint density at radius 2 is 1.75 bits per heavy atom. The molecule has 1 aromatic rings. The average Bonchev–Trinajstić information content (AvgIpc) is 2.38. The Kier molecular flexibility index (Phi) is 6.08. The number of nitrogens with zero attached hydrogens (tertiary/aromatic N) is 2. The van der Waals surface area contributed by atoms with Gasteiger partial charge in [-0.05, 0) is 12.0 Å². The summed E-state index contributed by atoms with van der Waals surface area (Å²) in [6.07, 6.45) is -1.93. The number of ether oxygens (including phenoxy) is 1. The lowest BCUT2D eigenvalue weighted by molar-refractivity contribution is -0.743. The largest absolute Gasteiger partial charge is 0.465 e. The minimum absolute atomic E-state index is 0.0656. The molecule has 0 N–H and O–H groups in total. The van der Waals surface area contributed by atoms with E-state index in [1.54, 1.807) is 24.3 Å². The van der Waals surface area contributed by atoms with E-state index in [1.165, 1.54) is 0 Å². The molecule has 8 heteroatoms. The molecule has 0 fully saturated rings. The van der Waals surface area contributed by atoms with Gasteiger partial charge in [0.1, 0.15) is 0 Å². The molecule has 1 rings (SSSR count). The predicted molar refractivity (Wildman–Crippen MR) is 68.1 cm³/mol. The van der Waals surface area contributed by atoms with E-state index in [4.69, 9.17) is 4.74 Å². The molecule has 8 nitrogen and oxygen atoms in total. The Morgan fingerprint density at radius 1 is 1.15 bits per heavy atom. The van der Waals surface area contributed by atoms with Gasteiger partial charge in [-0.2, -0.15) is 0 Å². The smallest absolute Gasteiger partial charge is 0.450 e. The summed E-state index contributed by atoms with van der Waals surface area (Å²) in [7, 11) is 0. The van der Waals surface area contributed by atoms with Crippen molar-refractivity contribution in [3.63, 3.8) is 0 Å². The molecule has 0 aliphatic carbocycles. The summed E-state index contributed by atoms with van der Waals surface area (Å²) in [6.45, 7) is -0.0656. The molecule has 0 aromatic heterocycles. The van der Waals surface area contributed by atoms with Gasteiger partial charge in [0.15, 0.2) is 0 Å². The molecule has 20 heavy (non-hydrogen) atoms. The van der Waals surface area contributed by atoms with Crippen molar-refractivity contribution in [2.75, 3.05) is 6.61 Å². The fourth-order valence-electron chi connectivity index (χ4n) is 1.55. The summed E-state index contributed by atoms with van der Waals surface area (Å²) in [6, 6.07) is 8.96. The summed E-state index contributed by atoms with van der Waals surface area (Å²) in [5.74, 6) is -0.463. The average molecular weight is 282 g/mol. The van der Waals surface area contributed by atoms with Crippen LogP contribution in [0.5, 0.6) is 0 Å². The molecule has 0 atom stereocenters. The molecule has 0 heterocycles. The van der Waals surface area contributed by atoms with E-state index in [2.05, 4.69) is 0 Å². The first-order valence-corrected chi connectivity index (χ1v) is 5.97.